The highest BCUT2D eigenvalue weighted by atomic mass is 16.1. The second kappa shape index (κ2) is 9.40. The van der Waals surface area contributed by atoms with E-state index in [-0.39, 0.29) is 11.5 Å². The average molecular weight is 442 g/mol. The minimum Gasteiger partial charge on any atom is -0.348 e. The molecule has 0 saturated heterocycles. The molecule has 2 aromatic carbocycles. The molecule has 1 aliphatic heterocycles. The van der Waals surface area contributed by atoms with Gasteiger partial charge in [0.2, 0.25) is 0 Å². The van der Waals surface area contributed by atoms with Crippen LogP contribution in [0.4, 0.5) is 0 Å². The number of rotatable bonds is 5. The molecule has 168 valence electrons. The molecule has 1 amide bonds. The first-order valence-electron chi connectivity index (χ1n) is 11.5. The summed E-state index contributed by atoms with van der Waals surface area (Å²) in [4.78, 5) is 30.5. The van der Waals surface area contributed by atoms with E-state index in [9.17, 15) is 9.59 Å². The third kappa shape index (κ3) is 4.72. The third-order valence-corrected chi connectivity index (χ3v) is 6.21. The van der Waals surface area contributed by atoms with Gasteiger partial charge in [-0.05, 0) is 48.2 Å². The summed E-state index contributed by atoms with van der Waals surface area (Å²) in [5.41, 5.74) is 3.28. The van der Waals surface area contributed by atoms with Crippen molar-refractivity contribution in [2.45, 2.75) is 51.7 Å². The van der Waals surface area contributed by atoms with Crippen LogP contribution in [-0.2, 0) is 26.1 Å². The van der Waals surface area contributed by atoms with Crippen molar-refractivity contribution < 1.29 is 4.79 Å². The first-order chi connectivity index (χ1) is 16.2. The van der Waals surface area contributed by atoms with Gasteiger partial charge in [0.1, 0.15) is 5.82 Å². The number of aryl methyl sites for hydroxylation is 1. The van der Waals surface area contributed by atoms with Gasteiger partial charge in [0.25, 0.3) is 11.5 Å². The molecule has 33 heavy (non-hydrogen) atoms. The monoisotopic (exact) mass is 441 g/mol. The van der Waals surface area contributed by atoms with Gasteiger partial charge in [0, 0.05) is 37.5 Å². The van der Waals surface area contributed by atoms with Crippen molar-refractivity contribution in [3.8, 4) is 0 Å². The number of fused-ring (bicyclic) bond motifs is 2. The smallest absolute Gasteiger partial charge is 0.261 e. The topological polar surface area (TPSA) is 81.8 Å². The molecular formula is C26H27N5O2. The molecule has 0 spiro atoms. The van der Waals surface area contributed by atoms with Crippen molar-refractivity contribution in [1.82, 2.24) is 24.6 Å². The maximum Gasteiger partial charge on any atom is 0.261 e. The second-order valence-corrected chi connectivity index (χ2v) is 8.58. The zero-order chi connectivity index (χ0) is 22.6. The standard InChI is InChI=1S/C26H27N5O2/c32-25(27-17-19-7-9-20(10-8-19)18-30-14-5-13-28-30)21-11-12-22-23(16-21)29-24-6-3-1-2-4-15-31(24)26(22)33/h5,7-14,16H,1-4,6,15,17-18H2,(H,27,32). The van der Waals surface area contributed by atoms with Crippen LogP contribution in [0.1, 0.15) is 53.0 Å². The quantitative estimate of drug-likeness (QED) is 0.512. The van der Waals surface area contributed by atoms with E-state index < -0.39 is 0 Å². The van der Waals surface area contributed by atoms with Crippen molar-refractivity contribution in [2.24, 2.45) is 0 Å². The van der Waals surface area contributed by atoms with Crippen LogP contribution < -0.4 is 10.9 Å². The summed E-state index contributed by atoms with van der Waals surface area (Å²) in [5.74, 6) is 0.658. The lowest BCUT2D eigenvalue weighted by molar-refractivity contribution is 0.0951. The fourth-order valence-electron chi connectivity index (χ4n) is 4.36. The average Bonchev–Trinajstić information content (AvgIpc) is 3.32. The molecule has 5 rings (SSSR count). The van der Waals surface area contributed by atoms with Gasteiger partial charge in [-0.1, -0.05) is 37.1 Å². The van der Waals surface area contributed by atoms with E-state index >= 15 is 0 Å². The van der Waals surface area contributed by atoms with Gasteiger partial charge < -0.3 is 5.32 Å². The maximum atomic E-state index is 13.0. The Morgan fingerprint density at radius 1 is 1.00 bits per heavy atom. The number of carbonyl (C=O) groups excluding carboxylic acids is 1. The van der Waals surface area contributed by atoms with Crippen LogP contribution in [0.5, 0.6) is 0 Å². The van der Waals surface area contributed by atoms with E-state index in [0.717, 1.165) is 49.2 Å². The summed E-state index contributed by atoms with van der Waals surface area (Å²) in [5, 5.41) is 7.77. The number of hydrogen-bond donors (Lipinski definition) is 1. The second-order valence-electron chi connectivity index (χ2n) is 8.58. The van der Waals surface area contributed by atoms with Crippen molar-refractivity contribution in [2.75, 3.05) is 0 Å². The molecule has 0 saturated carbocycles. The van der Waals surface area contributed by atoms with Gasteiger partial charge in [-0.15, -0.1) is 0 Å². The zero-order valence-corrected chi connectivity index (χ0v) is 18.5. The largest absolute Gasteiger partial charge is 0.348 e. The SMILES string of the molecule is O=C(NCc1ccc(Cn2cccn2)cc1)c1ccc2c(=O)n3c(nc2c1)CCCCCC3. The Balaban J connectivity index is 1.29. The predicted molar refractivity (Wildman–Crippen MR) is 127 cm³/mol. The maximum absolute atomic E-state index is 13.0. The number of hydrogen-bond acceptors (Lipinski definition) is 4. The van der Waals surface area contributed by atoms with Crippen LogP contribution in [0.2, 0.25) is 0 Å². The molecule has 0 radical (unpaired) electrons. The van der Waals surface area contributed by atoms with Crippen LogP contribution in [0.3, 0.4) is 0 Å². The van der Waals surface area contributed by atoms with Crippen molar-refractivity contribution in [3.05, 3.63) is 93.8 Å². The Kier molecular flexibility index (Phi) is 6.02. The Morgan fingerprint density at radius 3 is 2.64 bits per heavy atom. The number of nitrogens with zero attached hydrogens (tertiary/aromatic N) is 4. The van der Waals surface area contributed by atoms with Crippen LogP contribution >= 0.6 is 0 Å². The first kappa shape index (κ1) is 21.1. The minimum atomic E-state index is -0.175. The number of aromatic nitrogens is 4. The highest BCUT2D eigenvalue weighted by Crippen LogP contribution is 2.16. The summed E-state index contributed by atoms with van der Waals surface area (Å²) in [6.45, 7) is 1.87. The van der Waals surface area contributed by atoms with Crippen LogP contribution in [0.15, 0.2) is 65.7 Å². The van der Waals surface area contributed by atoms with E-state index in [2.05, 4.69) is 10.4 Å². The molecule has 7 heteroatoms. The number of carbonyl (C=O) groups is 1. The third-order valence-electron chi connectivity index (χ3n) is 6.21. The Labute approximate surface area is 192 Å². The molecule has 0 bridgehead atoms. The summed E-state index contributed by atoms with van der Waals surface area (Å²) in [6.07, 6.45) is 8.86. The van der Waals surface area contributed by atoms with E-state index in [1.165, 1.54) is 6.42 Å². The Hall–Kier alpha value is -3.74. The highest BCUT2D eigenvalue weighted by Gasteiger charge is 2.15. The lowest BCUT2D eigenvalue weighted by Gasteiger charge is -2.16. The molecule has 4 aromatic rings. The number of amides is 1. The first-order valence-corrected chi connectivity index (χ1v) is 11.5. The van der Waals surface area contributed by atoms with Crippen LogP contribution in [0, 0.1) is 0 Å². The molecule has 0 aliphatic carbocycles. The number of nitrogens with one attached hydrogen (secondary N) is 1. The molecule has 7 nitrogen and oxygen atoms in total. The van der Waals surface area contributed by atoms with Gasteiger partial charge in [-0.3, -0.25) is 18.8 Å². The van der Waals surface area contributed by atoms with Gasteiger partial charge in [-0.2, -0.15) is 5.10 Å². The van der Waals surface area contributed by atoms with Gasteiger partial charge in [0.05, 0.1) is 17.4 Å². The molecule has 1 aliphatic rings. The minimum absolute atomic E-state index is 0.000871. The summed E-state index contributed by atoms with van der Waals surface area (Å²) < 4.78 is 3.69. The molecule has 0 unspecified atom stereocenters. The highest BCUT2D eigenvalue weighted by molar-refractivity contribution is 5.97. The van der Waals surface area contributed by atoms with Crippen molar-refractivity contribution in [3.63, 3.8) is 0 Å². The summed E-state index contributed by atoms with van der Waals surface area (Å²) >= 11 is 0. The Morgan fingerprint density at radius 2 is 1.82 bits per heavy atom. The lowest BCUT2D eigenvalue weighted by Crippen LogP contribution is -2.27. The molecule has 3 heterocycles. The normalized spacial score (nSPS) is 13.8. The molecule has 1 N–H and O–H groups in total. The van der Waals surface area contributed by atoms with Gasteiger partial charge in [-0.25, -0.2) is 4.98 Å². The van der Waals surface area contributed by atoms with Crippen LogP contribution in [0.25, 0.3) is 10.9 Å². The predicted octanol–water partition coefficient (Wildman–Crippen LogP) is 3.69. The van der Waals surface area contributed by atoms with Crippen molar-refractivity contribution >= 4 is 16.8 Å². The van der Waals surface area contributed by atoms with E-state index in [1.807, 2.05) is 45.8 Å². The fraction of sp³-hybridized carbons (Fsp3) is 0.308. The molecular weight excluding hydrogens is 414 g/mol. The fourth-order valence-corrected chi connectivity index (χ4v) is 4.36. The Bertz CT molecular complexity index is 1320. The van der Waals surface area contributed by atoms with Crippen LogP contribution in [-0.4, -0.2) is 25.2 Å². The molecule has 0 atom stereocenters. The summed E-state index contributed by atoms with van der Waals surface area (Å²) in [6, 6.07) is 15.2. The molecule has 2 aromatic heterocycles. The number of benzene rings is 2. The van der Waals surface area contributed by atoms with Gasteiger partial charge >= 0.3 is 0 Å². The van der Waals surface area contributed by atoms with Gasteiger partial charge in [0.15, 0.2) is 0 Å². The lowest BCUT2D eigenvalue weighted by atomic mass is 10.1. The van der Waals surface area contributed by atoms with E-state index in [4.69, 9.17) is 4.98 Å². The zero-order valence-electron chi connectivity index (χ0n) is 18.5. The summed E-state index contributed by atoms with van der Waals surface area (Å²) in [7, 11) is 0. The van der Waals surface area contributed by atoms with Crippen molar-refractivity contribution in [1.29, 1.82) is 0 Å². The van der Waals surface area contributed by atoms with E-state index in [1.54, 1.807) is 24.4 Å². The molecule has 0 fully saturated rings. The van der Waals surface area contributed by atoms with E-state index in [0.29, 0.717) is 29.6 Å².